The Labute approximate surface area is 96.0 Å². The molecule has 0 aliphatic carbocycles. The second-order valence-corrected chi connectivity index (χ2v) is 3.97. The van der Waals surface area contributed by atoms with E-state index >= 15 is 0 Å². The number of aliphatic carboxylic acids is 1. The number of aromatic nitrogens is 3. The molecule has 1 amide bonds. The van der Waals surface area contributed by atoms with Crippen LogP contribution in [0, 0.1) is 0 Å². The van der Waals surface area contributed by atoms with Gasteiger partial charge in [0.15, 0.2) is 0 Å². The molecule has 0 aromatic carbocycles. The van der Waals surface area contributed by atoms with Crippen LogP contribution in [0.3, 0.4) is 0 Å². The fourth-order valence-corrected chi connectivity index (χ4v) is 1.51. The van der Waals surface area contributed by atoms with Crippen LogP contribution >= 0.6 is 11.8 Å². The number of hydrogen-bond donors (Lipinski definition) is 3. The summed E-state index contributed by atoms with van der Waals surface area (Å²) < 4.78 is 0. The van der Waals surface area contributed by atoms with Crippen molar-refractivity contribution >= 4 is 23.6 Å². The van der Waals surface area contributed by atoms with E-state index in [2.05, 4.69) is 20.5 Å². The smallest absolute Gasteiger partial charge is 0.326 e. The molecule has 0 unspecified atom stereocenters. The Morgan fingerprint density at radius 1 is 1.69 bits per heavy atom. The molecule has 1 aromatic heterocycles. The zero-order chi connectivity index (χ0) is 12.0. The molecule has 0 aliphatic heterocycles. The number of carboxylic acids is 1. The maximum absolute atomic E-state index is 11.5. The fourth-order valence-electron chi connectivity index (χ4n) is 1.03. The van der Waals surface area contributed by atoms with E-state index in [0.717, 1.165) is 0 Å². The second-order valence-electron chi connectivity index (χ2n) is 2.98. The summed E-state index contributed by atoms with van der Waals surface area (Å²) in [5.41, 5.74) is 0. The molecule has 1 aromatic rings. The largest absolute Gasteiger partial charge is 0.480 e. The first kappa shape index (κ1) is 12.5. The molecule has 0 bridgehead atoms. The Hall–Kier alpha value is -1.57. The van der Waals surface area contributed by atoms with Gasteiger partial charge < -0.3 is 10.4 Å². The van der Waals surface area contributed by atoms with Gasteiger partial charge in [0, 0.05) is 0 Å². The summed E-state index contributed by atoms with van der Waals surface area (Å²) in [6, 6.07) is -0.898. The van der Waals surface area contributed by atoms with Gasteiger partial charge in [-0.3, -0.25) is 9.89 Å². The molecule has 0 saturated carbocycles. The van der Waals surface area contributed by atoms with Crippen molar-refractivity contribution in [3.05, 3.63) is 12.2 Å². The van der Waals surface area contributed by atoms with Crippen molar-refractivity contribution in [2.75, 3.05) is 12.0 Å². The SMILES string of the molecule is CSCC[C@H](NC(=O)c1ncn[nH]1)C(=O)O. The summed E-state index contributed by atoms with van der Waals surface area (Å²) >= 11 is 1.52. The van der Waals surface area contributed by atoms with Gasteiger partial charge in [0.05, 0.1) is 0 Å². The molecular weight excluding hydrogens is 232 g/mol. The van der Waals surface area contributed by atoms with Gasteiger partial charge in [0.2, 0.25) is 5.82 Å². The number of carbonyl (C=O) groups excluding carboxylic acids is 1. The van der Waals surface area contributed by atoms with E-state index in [-0.39, 0.29) is 5.82 Å². The summed E-state index contributed by atoms with van der Waals surface area (Å²) in [7, 11) is 0. The predicted octanol–water partition coefficient (Wildman–Crippen LogP) is -0.259. The van der Waals surface area contributed by atoms with Crippen molar-refractivity contribution in [1.82, 2.24) is 20.5 Å². The highest BCUT2D eigenvalue weighted by atomic mass is 32.2. The van der Waals surface area contributed by atoms with Gasteiger partial charge in [-0.05, 0) is 18.4 Å². The van der Waals surface area contributed by atoms with Crippen LogP contribution < -0.4 is 5.32 Å². The van der Waals surface area contributed by atoms with E-state index in [1.807, 2.05) is 6.26 Å². The van der Waals surface area contributed by atoms with E-state index < -0.39 is 17.9 Å². The maximum atomic E-state index is 11.5. The Kier molecular flexibility index (Phi) is 4.77. The summed E-state index contributed by atoms with van der Waals surface area (Å²) in [5.74, 6) is -0.948. The predicted molar refractivity (Wildman–Crippen MR) is 58.3 cm³/mol. The van der Waals surface area contributed by atoms with Crippen molar-refractivity contribution in [1.29, 1.82) is 0 Å². The lowest BCUT2D eigenvalue weighted by Gasteiger charge is -2.12. The molecule has 1 atom stereocenters. The van der Waals surface area contributed by atoms with Crippen LogP contribution in [-0.4, -0.2) is 50.2 Å². The Bertz CT molecular complexity index is 354. The normalized spacial score (nSPS) is 12.1. The molecule has 16 heavy (non-hydrogen) atoms. The molecule has 0 radical (unpaired) electrons. The number of carbonyl (C=O) groups is 2. The quantitative estimate of drug-likeness (QED) is 0.636. The van der Waals surface area contributed by atoms with Gasteiger partial charge in [-0.2, -0.15) is 16.9 Å². The van der Waals surface area contributed by atoms with Crippen molar-refractivity contribution in [2.24, 2.45) is 0 Å². The highest BCUT2D eigenvalue weighted by molar-refractivity contribution is 7.98. The van der Waals surface area contributed by atoms with E-state index in [1.165, 1.54) is 18.1 Å². The number of amides is 1. The van der Waals surface area contributed by atoms with E-state index in [9.17, 15) is 9.59 Å². The molecule has 0 aliphatic rings. The van der Waals surface area contributed by atoms with Crippen molar-refractivity contribution < 1.29 is 14.7 Å². The number of nitrogens with one attached hydrogen (secondary N) is 2. The molecule has 3 N–H and O–H groups in total. The average molecular weight is 244 g/mol. The highest BCUT2D eigenvalue weighted by Gasteiger charge is 2.21. The Morgan fingerprint density at radius 3 is 2.94 bits per heavy atom. The Morgan fingerprint density at radius 2 is 2.44 bits per heavy atom. The molecule has 88 valence electrons. The average Bonchev–Trinajstić information content (AvgIpc) is 2.76. The lowest BCUT2D eigenvalue weighted by molar-refractivity contribution is -0.139. The highest BCUT2D eigenvalue weighted by Crippen LogP contribution is 2.01. The minimum Gasteiger partial charge on any atom is -0.480 e. The molecule has 7 nitrogen and oxygen atoms in total. The first-order valence-corrected chi connectivity index (χ1v) is 5.92. The van der Waals surface area contributed by atoms with Crippen molar-refractivity contribution in [2.45, 2.75) is 12.5 Å². The third-order valence-corrected chi connectivity index (χ3v) is 2.49. The topological polar surface area (TPSA) is 108 Å². The number of hydrogen-bond acceptors (Lipinski definition) is 5. The van der Waals surface area contributed by atoms with Crippen molar-refractivity contribution in [3.8, 4) is 0 Å². The van der Waals surface area contributed by atoms with Gasteiger partial charge in [-0.25, -0.2) is 9.78 Å². The summed E-state index contributed by atoms with van der Waals surface area (Å²) in [6.07, 6.45) is 3.43. The summed E-state index contributed by atoms with van der Waals surface area (Å²) in [5, 5.41) is 17.1. The fraction of sp³-hybridized carbons (Fsp3) is 0.500. The molecule has 0 fully saturated rings. The lowest BCUT2D eigenvalue weighted by atomic mass is 10.2. The maximum Gasteiger partial charge on any atom is 0.326 e. The Balaban J connectivity index is 2.54. The van der Waals surface area contributed by atoms with Crippen LogP contribution in [0.4, 0.5) is 0 Å². The van der Waals surface area contributed by atoms with Crippen LogP contribution in [0.25, 0.3) is 0 Å². The number of H-pyrrole nitrogens is 1. The number of rotatable bonds is 6. The zero-order valence-corrected chi connectivity index (χ0v) is 9.45. The van der Waals surface area contributed by atoms with Crippen LogP contribution in [-0.2, 0) is 4.79 Å². The van der Waals surface area contributed by atoms with Crippen molar-refractivity contribution in [3.63, 3.8) is 0 Å². The third kappa shape index (κ3) is 3.54. The van der Waals surface area contributed by atoms with Crippen LogP contribution in [0.2, 0.25) is 0 Å². The van der Waals surface area contributed by atoms with E-state index in [0.29, 0.717) is 12.2 Å². The molecule has 1 rings (SSSR count). The summed E-state index contributed by atoms with van der Waals surface area (Å²) in [4.78, 5) is 25.9. The molecule has 0 spiro atoms. The zero-order valence-electron chi connectivity index (χ0n) is 8.64. The van der Waals surface area contributed by atoms with Crippen LogP contribution in [0.5, 0.6) is 0 Å². The van der Waals surface area contributed by atoms with Crippen LogP contribution in [0.1, 0.15) is 17.0 Å². The molecule has 0 saturated heterocycles. The molecule has 1 heterocycles. The number of aromatic amines is 1. The minimum atomic E-state index is -1.05. The number of carboxylic acid groups (broad SMARTS) is 1. The minimum absolute atomic E-state index is 0.00963. The molecule has 8 heteroatoms. The van der Waals surface area contributed by atoms with Gasteiger partial charge in [0.25, 0.3) is 5.91 Å². The van der Waals surface area contributed by atoms with Gasteiger partial charge >= 0.3 is 5.97 Å². The first-order chi connectivity index (χ1) is 7.65. The van der Waals surface area contributed by atoms with Gasteiger partial charge in [0.1, 0.15) is 12.4 Å². The monoisotopic (exact) mass is 244 g/mol. The van der Waals surface area contributed by atoms with Gasteiger partial charge in [-0.15, -0.1) is 0 Å². The lowest BCUT2D eigenvalue weighted by Crippen LogP contribution is -2.41. The molecular formula is C8H12N4O3S. The van der Waals surface area contributed by atoms with E-state index in [1.54, 1.807) is 0 Å². The van der Waals surface area contributed by atoms with Gasteiger partial charge in [-0.1, -0.05) is 0 Å². The first-order valence-electron chi connectivity index (χ1n) is 4.53. The summed E-state index contributed by atoms with van der Waals surface area (Å²) in [6.45, 7) is 0. The van der Waals surface area contributed by atoms with E-state index in [4.69, 9.17) is 5.11 Å². The second kappa shape index (κ2) is 6.11. The standard InChI is InChI=1S/C8H12N4O3S/c1-16-3-2-5(8(14)15)11-7(13)6-9-4-10-12-6/h4-5H,2-3H2,1H3,(H,11,13)(H,14,15)(H,9,10,12)/t5-/m0/s1. The third-order valence-electron chi connectivity index (χ3n) is 1.84. The number of nitrogens with zero attached hydrogens (tertiary/aromatic N) is 2. The van der Waals surface area contributed by atoms with Crippen LogP contribution in [0.15, 0.2) is 6.33 Å². The number of thioether (sulfide) groups is 1.